The molecule has 0 saturated carbocycles. The van der Waals surface area contributed by atoms with E-state index in [1.807, 2.05) is 0 Å². The Morgan fingerprint density at radius 3 is 2.90 bits per heavy atom. The van der Waals surface area contributed by atoms with Crippen LogP contribution in [0.5, 0.6) is 0 Å². The maximum absolute atomic E-state index is 11.6. The SMILES string of the molecule is C/C(=N\NC(=O)Cn1cncn1)c1ccc(Cl)cc1Cl. The van der Waals surface area contributed by atoms with Crippen molar-refractivity contribution in [1.82, 2.24) is 20.2 Å². The van der Waals surface area contributed by atoms with Crippen molar-refractivity contribution in [2.24, 2.45) is 5.10 Å². The number of amides is 1. The van der Waals surface area contributed by atoms with E-state index in [1.54, 1.807) is 25.1 Å². The number of halogens is 2. The van der Waals surface area contributed by atoms with Gasteiger partial charge in [-0.1, -0.05) is 29.3 Å². The van der Waals surface area contributed by atoms with Crippen molar-refractivity contribution >= 4 is 34.8 Å². The fraction of sp³-hybridized carbons (Fsp3) is 0.167. The molecule has 0 fully saturated rings. The van der Waals surface area contributed by atoms with Gasteiger partial charge in [-0.05, 0) is 19.1 Å². The maximum atomic E-state index is 11.6. The second-order valence-electron chi connectivity index (χ2n) is 3.95. The van der Waals surface area contributed by atoms with E-state index in [-0.39, 0.29) is 12.5 Å². The normalized spacial score (nSPS) is 11.4. The molecular formula is C12H11Cl2N5O. The lowest BCUT2D eigenvalue weighted by Crippen LogP contribution is -2.24. The number of benzene rings is 1. The van der Waals surface area contributed by atoms with E-state index in [1.165, 1.54) is 17.3 Å². The molecule has 20 heavy (non-hydrogen) atoms. The van der Waals surface area contributed by atoms with Gasteiger partial charge in [-0.3, -0.25) is 4.79 Å². The largest absolute Gasteiger partial charge is 0.271 e. The molecule has 0 radical (unpaired) electrons. The Morgan fingerprint density at radius 1 is 1.45 bits per heavy atom. The van der Waals surface area contributed by atoms with Crippen LogP contribution in [-0.2, 0) is 11.3 Å². The van der Waals surface area contributed by atoms with Gasteiger partial charge in [0.2, 0.25) is 0 Å². The quantitative estimate of drug-likeness (QED) is 0.694. The number of carbonyl (C=O) groups is 1. The highest BCUT2D eigenvalue weighted by Gasteiger charge is 2.06. The minimum atomic E-state index is -0.306. The highest BCUT2D eigenvalue weighted by molar-refractivity contribution is 6.37. The highest BCUT2D eigenvalue weighted by atomic mass is 35.5. The molecule has 1 aromatic heterocycles. The molecule has 0 unspecified atom stereocenters. The third-order valence-corrected chi connectivity index (χ3v) is 2.99. The van der Waals surface area contributed by atoms with Gasteiger partial charge in [0.05, 0.1) is 10.7 Å². The van der Waals surface area contributed by atoms with Crippen molar-refractivity contribution in [2.45, 2.75) is 13.5 Å². The first-order valence-electron chi connectivity index (χ1n) is 5.67. The molecule has 8 heteroatoms. The van der Waals surface area contributed by atoms with Crippen LogP contribution in [0.3, 0.4) is 0 Å². The molecule has 2 aromatic rings. The first kappa shape index (κ1) is 14.5. The second kappa shape index (κ2) is 6.49. The summed E-state index contributed by atoms with van der Waals surface area (Å²) in [6.07, 6.45) is 2.81. The fourth-order valence-electron chi connectivity index (χ4n) is 1.49. The van der Waals surface area contributed by atoms with Crippen LogP contribution in [0.4, 0.5) is 0 Å². The lowest BCUT2D eigenvalue weighted by atomic mass is 10.1. The molecule has 0 atom stereocenters. The summed E-state index contributed by atoms with van der Waals surface area (Å²) in [5.41, 5.74) is 3.72. The summed E-state index contributed by atoms with van der Waals surface area (Å²) in [5, 5.41) is 8.84. The van der Waals surface area contributed by atoms with E-state index in [0.717, 1.165) is 0 Å². The lowest BCUT2D eigenvalue weighted by molar-refractivity contribution is -0.121. The van der Waals surface area contributed by atoms with Crippen LogP contribution in [-0.4, -0.2) is 26.4 Å². The summed E-state index contributed by atoms with van der Waals surface area (Å²) in [6.45, 7) is 1.79. The van der Waals surface area contributed by atoms with Crippen LogP contribution in [0, 0.1) is 0 Å². The van der Waals surface area contributed by atoms with E-state index in [9.17, 15) is 4.79 Å². The fourth-order valence-corrected chi connectivity index (χ4v) is 2.03. The van der Waals surface area contributed by atoms with Crippen LogP contribution in [0.1, 0.15) is 12.5 Å². The van der Waals surface area contributed by atoms with Crippen molar-refractivity contribution in [2.75, 3.05) is 0 Å². The number of carbonyl (C=O) groups excluding carboxylic acids is 1. The molecular weight excluding hydrogens is 301 g/mol. The summed E-state index contributed by atoms with van der Waals surface area (Å²) in [4.78, 5) is 15.4. The van der Waals surface area contributed by atoms with Gasteiger partial charge in [-0.2, -0.15) is 10.2 Å². The first-order valence-corrected chi connectivity index (χ1v) is 6.43. The molecule has 2 rings (SSSR count). The Hall–Kier alpha value is -1.92. The molecule has 0 aliphatic heterocycles. The zero-order valence-electron chi connectivity index (χ0n) is 10.5. The second-order valence-corrected chi connectivity index (χ2v) is 4.79. The zero-order chi connectivity index (χ0) is 14.5. The predicted molar refractivity (Wildman–Crippen MR) is 76.8 cm³/mol. The highest BCUT2D eigenvalue weighted by Crippen LogP contribution is 2.21. The summed E-state index contributed by atoms with van der Waals surface area (Å²) >= 11 is 11.9. The van der Waals surface area contributed by atoms with Gasteiger partial charge < -0.3 is 0 Å². The summed E-state index contributed by atoms with van der Waals surface area (Å²) < 4.78 is 1.40. The molecule has 1 heterocycles. The maximum Gasteiger partial charge on any atom is 0.261 e. The molecule has 104 valence electrons. The van der Waals surface area contributed by atoms with Crippen molar-refractivity contribution in [1.29, 1.82) is 0 Å². The molecule has 1 N–H and O–H groups in total. The number of hydrogen-bond acceptors (Lipinski definition) is 4. The number of hydrazone groups is 1. The number of aromatic nitrogens is 3. The zero-order valence-corrected chi connectivity index (χ0v) is 12.1. The van der Waals surface area contributed by atoms with Gasteiger partial charge in [0.15, 0.2) is 0 Å². The molecule has 0 aliphatic rings. The number of nitrogens with one attached hydrogen (secondary N) is 1. The Bertz CT molecular complexity index is 639. The average molecular weight is 312 g/mol. The van der Waals surface area contributed by atoms with E-state index >= 15 is 0 Å². The first-order chi connectivity index (χ1) is 9.56. The summed E-state index contributed by atoms with van der Waals surface area (Å²) in [6, 6.07) is 5.07. The third kappa shape index (κ3) is 3.79. The van der Waals surface area contributed by atoms with Crippen LogP contribution in [0.25, 0.3) is 0 Å². The van der Waals surface area contributed by atoms with Gasteiger partial charge in [-0.25, -0.2) is 15.1 Å². The van der Waals surface area contributed by atoms with Gasteiger partial charge in [-0.15, -0.1) is 0 Å². The number of rotatable bonds is 4. The number of hydrogen-bond donors (Lipinski definition) is 1. The smallest absolute Gasteiger partial charge is 0.261 e. The van der Waals surface area contributed by atoms with Crippen molar-refractivity contribution in [3.8, 4) is 0 Å². The molecule has 0 spiro atoms. The van der Waals surface area contributed by atoms with Gasteiger partial charge in [0.1, 0.15) is 19.2 Å². The Morgan fingerprint density at radius 2 is 2.25 bits per heavy atom. The topological polar surface area (TPSA) is 72.2 Å². The molecule has 0 aliphatic carbocycles. The molecule has 6 nitrogen and oxygen atoms in total. The van der Waals surface area contributed by atoms with Gasteiger partial charge in [0, 0.05) is 10.6 Å². The minimum absolute atomic E-state index is 0.0468. The van der Waals surface area contributed by atoms with Crippen molar-refractivity contribution in [3.63, 3.8) is 0 Å². The van der Waals surface area contributed by atoms with E-state index in [0.29, 0.717) is 21.3 Å². The third-order valence-electron chi connectivity index (χ3n) is 2.44. The Kier molecular flexibility index (Phi) is 4.70. The van der Waals surface area contributed by atoms with Gasteiger partial charge in [0.25, 0.3) is 5.91 Å². The average Bonchev–Trinajstić information content (AvgIpc) is 2.89. The number of nitrogens with zero attached hydrogens (tertiary/aromatic N) is 4. The summed E-state index contributed by atoms with van der Waals surface area (Å²) in [5.74, 6) is -0.306. The monoisotopic (exact) mass is 311 g/mol. The van der Waals surface area contributed by atoms with Gasteiger partial charge >= 0.3 is 0 Å². The lowest BCUT2D eigenvalue weighted by Gasteiger charge is -2.05. The van der Waals surface area contributed by atoms with E-state index in [2.05, 4.69) is 20.6 Å². The van der Waals surface area contributed by atoms with Crippen LogP contribution in [0.15, 0.2) is 36.0 Å². The standard InChI is InChI=1S/C12H11Cl2N5O/c1-8(10-3-2-9(13)4-11(10)14)17-18-12(20)5-19-7-15-6-16-19/h2-4,6-7H,5H2,1H3,(H,18,20)/b17-8+. The molecule has 1 amide bonds. The predicted octanol–water partition coefficient (Wildman–Crippen LogP) is 2.13. The molecule has 0 bridgehead atoms. The van der Waals surface area contributed by atoms with Crippen LogP contribution >= 0.6 is 23.2 Å². The van der Waals surface area contributed by atoms with Crippen LogP contribution in [0.2, 0.25) is 10.0 Å². The summed E-state index contributed by atoms with van der Waals surface area (Å²) in [7, 11) is 0. The van der Waals surface area contributed by atoms with Crippen LogP contribution < -0.4 is 5.43 Å². The minimum Gasteiger partial charge on any atom is -0.271 e. The molecule has 0 saturated heterocycles. The van der Waals surface area contributed by atoms with Crippen molar-refractivity contribution < 1.29 is 4.79 Å². The molecule has 1 aromatic carbocycles. The Labute approximate surface area is 125 Å². The van der Waals surface area contributed by atoms with E-state index < -0.39 is 0 Å². The van der Waals surface area contributed by atoms with Crippen molar-refractivity contribution in [3.05, 3.63) is 46.5 Å². The Balaban J connectivity index is 2.01. The van der Waals surface area contributed by atoms with E-state index in [4.69, 9.17) is 23.2 Å².